The maximum Gasteiger partial charge on any atom is 0.334 e. The topological polar surface area (TPSA) is 125 Å². The van der Waals surface area contributed by atoms with Crippen LogP contribution in [0, 0.1) is 34.1 Å². The average molecular weight is 406 g/mol. The van der Waals surface area contributed by atoms with Crippen molar-refractivity contribution in [1.29, 1.82) is 0 Å². The molecule has 0 spiro atoms. The molecule has 0 atom stereocenters. The summed E-state index contributed by atoms with van der Waals surface area (Å²) in [7, 11) is 3.06. The van der Waals surface area contributed by atoms with Gasteiger partial charge in [-0.05, 0) is 32.0 Å². The van der Waals surface area contributed by atoms with Crippen molar-refractivity contribution in [1.82, 2.24) is 19.6 Å². The van der Waals surface area contributed by atoms with E-state index < -0.39 is 9.85 Å². The van der Waals surface area contributed by atoms with Gasteiger partial charge in [0.15, 0.2) is 0 Å². The molecule has 0 bridgehead atoms. The molecule has 0 fully saturated rings. The lowest BCUT2D eigenvalue weighted by molar-refractivity contribution is -0.385. The van der Waals surface area contributed by atoms with Gasteiger partial charge in [-0.3, -0.25) is 25.1 Å². The molecule has 0 unspecified atom stereocenters. The normalized spacial score (nSPS) is 10.9. The SMILES string of the molecule is Cc1nn(C)c(N(c2cccc(Cl)c2)c2c([N+](=O)[O-])c(C)nn2C)c1[N+](=O)[O-]. The lowest BCUT2D eigenvalue weighted by atomic mass is 10.2. The molecule has 146 valence electrons. The summed E-state index contributed by atoms with van der Waals surface area (Å²) in [4.78, 5) is 23.7. The third-order valence-corrected chi connectivity index (χ3v) is 4.41. The van der Waals surface area contributed by atoms with Crippen molar-refractivity contribution < 1.29 is 9.85 Å². The van der Waals surface area contributed by atoms with Crippen LogP contribution in [0.2, 0.25) is 5.02 Å². The number of anilines is 3. The Bertz CT molecular complexity index is 1040. The van der Waals surface area contributed by atoms with Gasteiger partial charge in [0.2, 0.25) is 11.6 Å². The monoisotopic (exact) mass is 405 g/mol. The van der Waals surface area contributed by atoms with Gasteiger partial charge in [-0.15, -0.1) is 0 Å². The van der Waals surface area contributed by atoms with Crippen LogP contribution < -0.4 is 4.90 Å². The number of aryl methyl sites for hydroxylation is 4. The molecule has 0 N–H and O–H groups in total. The number of benzene rings is 1. The van der Waals surface area contributed by atoms with Gasteiger partial charge in [0.05, 0.1) is 15.5 Å². The quantitative estimate of drug-likeness (QED) is 0.467. The summed E-state index contributed by atoms with van der Waals surface area (Å²) < 4.78 is 2.61. The maximum atomic E-state index is 11.7. The van der Waals surface area contributed by atoms with Crippen molar-refractivity contribution in [2.45, 2.75) is 13.8 Å². The number of rotatable bonds is 5. The highest BCUT2D eigenvalue weighted by molar-refractivity contribution is 6.30. The van der Waals surface area contributed by atoms with Crippen molar-refractivity contribution in [3.8, 4) is 0 Å². The summed E-state index contributed by atoms with van der Waals surface area (Å²) in [6, 6.07) is 6.48. The van der Waals surface area contributed by atoms with Crippen molar-refractivity contribution in [2.75, 3.05) is 4.90 Å². The molecular weight excluding hydrogens is 390 g/mol. The van der Waals surface area contributed by atoms with Crippen LogP contribution in [0.25, 0.3) is 0 Å². The van der Waals surface area contributed by atoms with E-state index in [4.69, 9.17) is 11.6 Å². The molecule has 1 aromatic carbocycles. The van der Waals surface area contributed by atoms with Gasteiger partial charge in [-0.1, -0.05) is 17.7 Å². The molecule has 3 aromatic rings. The molecule has 0 aliphatic rings. The van der Waals surface area contributed by atoms with Crippen LogP contribution in [0.3, 0.4) is 0 Å². The summed E-state index contributed by atoms with van der Waals surface area (Å²) >= 11 is 6.12. The maximum absolute atomic E-state index is 11.7. The second-order valence-corrected chi connectivity index (χ2v) is 6.53. The van der Waals surface area contributed by atoms with Crippen LogP contribution in [-0.4, -0.2) is 29.4 Å². The molecule has 0 radical (unpaired) electrons. The molecule has 2 heterocycles. The molecule has 3 rings (SSSR count). The zero-order valence-electron chi connectivity index (χ0n) is 15.5. The van der Waals surface area contributed by atoms with Crippen molar-refractivity contribution >= 4 is 40.3 Å². The molecule has 28 heavy (non-hydrogen) atoms. The fraction of sp³-hybridized carbons (Fsp3) is 0.250. The van der Waals surface area contributed by atoms with Gasteiger partial charge in [0.1, 0.15) is 11.4 Å². The average Bonchev–Trinajstić information content (AvgIpc) is 3.04. The number of aromatic nitrogens is 4. The minimum atomic E-state index is -0.565. The van der Waals surface area contributed by atoms with Gasteiger partial charge in [0.25, 0.3) is 0 Å². The van der Waals surface area contributed by atoms with Gasteiger partial charge < -0.3 is 0 Å². The smallest absolute Gasteiger partial charge is 0.268 e. The second-order valence-electron chi connectivity index (χ2n) is 6.09. The highest BCUT2D eigenvalue weighted by atomic mass is 35.5. The minimum absolute atomic E-state index is 0.0517. The van der Waals surface area contributed by atoms with Gasteiger partial charge in [-0.2, -0.15) is 10.2 Å². The van der Waals surface area contributed by atoms with Crippen molar-refractivity contribution in [2.24, 2.45) is 14.1 Å². The molecule has 0 amide bonds. The Kier molecular flexibility index (Phi) is 4.77. The number of hydrogen-bond acceptors (Lipinski definition) is 7. The van der Waals surface area contributed by atoms with E-state index in [0.717, 1.165) is 0 Å². The Labute approximate surface area is 164 Å². The van der Waals surface area contributed by atoms with Crippen LogP contribution in [0.15, 0.2) is 24.3 Å². The zero-order chi connectivity index (χ0) is 20.7. The minimum Gasteiger partial charge on any atom is -0.268 e. The molecule has 0 saturated carbocycles. The van der Waals surface area contributed by atoms with Gasteiger partial charge >= 0.3 is 11.4 Å². The zero-order valence-corrected chi connectivity index (χ0v) is 16.2. The number of nitro groups is 2. The van der Waals surface area contributed by atoms with E-state index in [1.54, 1.807) is 24.3 Å². The lowest BCUT2D eigenvalue weighted by Crippen LogP contribution is -2.19. The fourth-order valence-corrected chi connectivity index (χ4v) is 3.34. The standard InChI is InChI=1S/C16H16ClN7O4/c1-9-13(23(25)26)15(20(3)18-9)22(12-7-5-6-11(17)8-12)16-14(24(27)28)10(2)19-21(16)4/h5-8H,1-4H3. The first-order valence-corrected chi connectivity index (χ1v) is 8.43. The summed E-state index contributed by atoms with van der Waals surface area (Å²) in [5, 5.41) is 32.1. The molecule has 0 aliphatic carbocycles. The van der Waals surface area contributed by atoms with E-state index in [2.05, 4.69) is 10.2 Å². The van der Waals surface area contributed by atoms with E-state index >= 15 is 0 Å². The predicted octanol–water partition coefficient (Wildman–Crippen LogP) is 3.71. The Morgan fingerprint density at radius 3 is 1.82 bits per heavy atom. The number of nitrogens with zero attached hydrogens (tertiary/aromatic N) is 7. The van der Waals surface area contributed by atoms with E-state index in [-0.39, 0.29) is 34.4 Å². The predicted molar refractivity (Wildman–Crippen MR) is 102 cm³/mol. The van der Waals surface area contributed by atoms with Crippen LogP contribution >= 0.6 is 11.6 Å². The molecule has 2 aromatic heterocycles. The van der Waals surface area contributed by atoms with Crippen LogP contribution in [0.1, 0.15) is 11.4 Å². The molecule has 12 heteroatoms. The lowest BCUT2D eigenvalue weighted by Gasteiger charge is -2.23. The second kappa shape index (κ2) is 6.93. The largest absolute Gasteiger partial charge is 0.334 e. The summed E-state index contributed by atoms with van der Waals surface area (Å²) in [5.41, 5.74) is 0.211. The highest BCUT2D eigenvalue weighted by Gasteiger charge is 2.37. The summed E-state index contributed by atoms with van der Waals surface area (Å²) in [6.07, 6.45) is 0. The van der Waals surface area contributed by atoms with Crippen molar-refractivity contribution in [3.05, 3.63) is 60.9 Å². The van der Waals surface area contributed by atoms with Crippen LogP contribution in [-0.2, 0) is 14.1 Å². The molecule has 0 saturated heterocycles. The molecular formula is C16H16ClN7O4. The first kappa shape index (κ1) is 19.3. The fourth-order valence-electron chi connectivity index (χ4n) is 3.16. The highest BCUT2D eigenvalue weighted by Crippen LogP contribution is 2.45. The van der Waals surface area contributed by atoms with E-state index in [9.17, 15) is 20.2 Å². The van der Waals surface area contributed by atoms with E-state index in [0.29, 0.717) is 10.7 Å². The Morgan fingerprint density at radius 2 is 1.43 bits per heavy atom. The first-order valence-electron chi connectivity index (χ1n) is 8.05. The third kappa shape index (κ3) is 3.05. The van der Waals surface area contributed by atoms with E-state index in [1.165, 1.54) is 42.2 Å². The van der Waals surface area contributed by atoms with Crippen LogP contribution in [0.4, 0.5) is 28.7 Å². The first-order chi connectivity index (χ1) is 13.1. The summed E-state index contributed by atoms with van der Waals surface area (Å²) in [5.74, 6) is 0.103. The number of hydrogen-bond donors (Lipinski definition) is 0. The van der Waals surface area contributed by atoms with E-state index in [1.807, 2.05) is 0 Å². The van der Waals surface area contributed by atoms with Gasteiger partial charge in [-0.25, -0.2) is 9.36 Å². The number of halogens is 1. The van der Waals surface area contributed by atoms with Crippen LogP contribution in [0.5, 0.6) is 0 Å². The van der Waals surface area contributed by atoms with Crippen molar-refractivity contribution in [3.63, 3.8) is 0 Å². The Hall–Kier alpha value is -3.47. The summed E-state index contributed by atoms with van der Waals surface area (Å²) in [6.45, 7) is 3.00. The Balaban J connectivity index is 2.44. The molecule has 0 aliphatic heterocycles. The Morgan fingerprint density at radius 1 is 0.964 bits per heavy atom. The molecule has 11 nitrogen and oxygen atoms in total. The third-order valence-electron chi connectivity index (χ3n) is 4.18. The van der Waals surface area contributed by atoms with Gasteiger partial charge in [0, 0.05) is 19.1 Å².